The van der Waals surface area contributed by atoms with E-state index in [1.54, 1.807) is 0 Å². The molecule has 0 fully saturated rings. The van der Waals surface area contributed by atoms with Crippen LogP contribution < -0.4 is 0 Å². The molecule has 73 valence electrons. The quantitative estimate of drug-likeness (QED) is 0.411. The third-order valence-electron chi connectivity index (χ3n) is 0. The smallest absolute Gasteiger partial charge is 0.542 e. The second-order valence-electron chi connectivity index (χ2n) is 0.908. The minimum atomic E-state index is 0. The van der Waals surface area contributed by atoms with Crippen LogP contribution in [0.4, 0.5) is 0 Å². The first kappa shape index (κ1) is 40.4. The topological polar surface area (TPSA) is 97.1 Å². The van der Waals surface area contributed by atoms with Gasteiger partial charge in [0.05, 0.1) is 0 Å². The van der Waals surface area contributed by atoms with Crippen molar-refractivity contribution >= 4 is 12.6 Å². The molecule has 0 saturated heterocycles. The Morgan fingerprint density at radius 3 is 1.08 bits per heavy atom. The van der Waals surface area contributed by atoms with Crippen molar-refractivity contribution in [2.24, 2.45) is 0 Å². The standard InChI is InChI=1S/C3H7.2C2H3O.2H2O.Ti/c1-3-2;2*1-2-3;;;/h1,3H2,2H3;2*1H3;2*1H2;/q3*-1;;;+3. The third kappa shape index (κ3) is 1210000. The van der Waals surface area contributed by atoms with Gasteiger partial charge in [0.15, 0.2) is 0 Å². The van der Waals surface area contributed by atoms with E-state index >= 15 is 0 Å². The maximum absolute atomic E-state index is 8.68. The molecule has 1 radical (unpaired) electrons. The molecule has 0 aliphatic rings. The Morgan fingerprint density at radius 1 is 1.08 bits per heavy atom. The summed E-state index contributed by atoms with van der Waals surface area (Å²) < 4.78 is 0. The van der Waals surface area contributed by atoms with Gasteiger partial charge in [-0.3, -0.25) is 12.6 Å². The summed E-state index contributed by atoms with van der Waals surface area (Å²) in [4.78, 5) is 17.4. The molecule has 0 unspecified atom stereocenters. The van der Waals surface area contributed by atoms with Gasteiger partial charge < -0.3 is 27.5 Å². The first-order valence-corrected chi connectivity index (χ1v) is 2.62. The SMILES string of the molecule is C[C-]=O.C[C-]=O.O.O.[CH2-]CC.[Ti+3]. The first-order chi connectivity index (χ1) is 4.24. The molecule has 0 aliphatic heterocycles. The summed E-state index contributed by atoms with van der Waals surface area (Å²) in [7, 11) is 0. The predicted molar refractivity (Wildman–Crippen MR) is 45.6 cm³/mol. The van der Waals surface area contributed by atoms with Crippen LogP contribution >= 0.6 is 0 Å². The van der Waals surface area contributed by atoms with Crippen LogP contribution in [-0.4, -0.2) is 23.5 Å². The molecule has 0 amide bonds. The molecule has 0 rings (SSSR count). The van der Waals surface area contributed by atoms with Gasteiger partial charge in [-0.25, -0.2) is 0 Å². The molecule has 5 heteroatoms. The molecule has 0 saturated carbocycles. The van der Waals surface area contributed by atoms with Gasteiger partial charge in [0.1, 0.15) is 0 Å². The van der Waals surface area contributed by atoms with E-state index in [4.69, 9.17) is 9.59 Å². The van der Waals surface area contributed by atoms with E-state index in [-0.39, 0.29) is 32.7 Å². The Hall–Kier alpha value is -0.0257. The van der Waals surface area contributed by atoms with Crippen molar-refractivity contribution in [1.82, 2.24) is 0 Å². The van der Waals surface area contributed by atoms with Crippen LogP contribution in [0.1, 0.15) is 27.2 Å². The Balaban J connectivity index is -0.00000001000. The summed E-state index contributed by atoms with van der Waals surface area (Å²) >= 11 is 0. The monoisotopic (exact) mass is 213 g/mol. The van der Waals surface area contributed by atoms with Crippen LogP contribution in [0, 0.1) is 6.92 Å². The van der Waals surface area contributed by atoms with Gasteiger partial charge in [-0.2, -0.15) is 20.3 Å². The Labute approximate surface area is 89.2 Å². The molecule has 4 nitrogen and oxygen atoms in total. The van der Waals surface area contributed by atoms with E-state index in [2.05, 4.69) is 6.92 Å². The molecule has 0 bridgehead atoms. The van der Waals surface area contributed by atoms with Crippen molar-refractivity contribution < 1.29 is 42.3 Å². The number of rotatable bonds is 0. The minimum Gasteiger partial charge on any atom is -0.542 e. The Morgan fingerprint density at radius 2 is 1.08 bits per heavy atom. The van der Waals surface area contributed by atoms with Crippen molar-refractivity contribution in [3.05, 3.63) is 6.92 Å². The minimum absolute atomic E-state index is 0. The number of hydrogen-bond acceptors (Lipinski definition) is 2. The molecule has 0 aromatic rings. The van der Waals surface area contributed by atoms with Crippen LogP contribution in [0.3, 0.4) is 0 Å². The largest absolute Gasteiger partial charge is 3.00 e. The second kappa shape index (κ2) is 123. The predicted octanol–water partition coefficient (Wildman–Crippen LogP) is -0.189. The molecule has 0 spiro atoms. The van der Waals surface area contributed by atoms with Crippen molar-refractivity contribution in [2.45, 2.75) is 27.2 Å². The van der Waals surface area contributed by atoms with Crippen molar-refractivity contribution in [1.29, 1.82) is 0 Å². The fraction of sp³-hybridized carbons (Fsp3) is 0.571. The van der Waals surface area contributed by atoms with Crippen molar-refractivity contribution in [2.75, 3.05) is 0 Å². The molecular formula is C7H17O4Ti. The maximum atomic E-state index is 8.68. The summed E-state index contributed by atoms with van der Waals surface area (Å²) in [6, 6.07) is 0. The third-order valence-corrected chi connectivity index (χ3v) is 0. The van der Waals surface area contributed by atoms with Crippen LogP contribution in [0.15, 0.2) is 0 Å². The molecule has 0 aromatic carbocycles. The van der Waals surface area contributed by atoms with E-state index < -0.39 is 0 Å². The van der Waals surface area contributed by atoms with Gasteiger partial charge in [-0.15, -0.1) is 0 Å². The molecule has 4 N–H and O–H groups in total. The average Bonchev–Trinajstić information content (AvgIpc) is 1.70. The fourth-order valence-electron chi connectivity index (χ4n) is 0. The van der Waals surface area contributed by atoms with E-state index in [1.807, 2.05) is 6.92 Å². The van der Waals surface area contributed by atoms with Crippen LogP contribution in [0.25, 0.3) is 0 Å². The zero-order valence-corrected chi connectivity index (χ0v) is 9.29. The molecule has 12 heavy (non-hydrogen) atoms. The van der Waals surface area contributed by atoms with Crippen LogP contribution in [0.5, 0.6) is 0 Å². The fourth-order valence-corrected chi connectivity index (χ4v) is 0. The molecule has 0 aromatic heterocycles. The van der Waals surface area contributed by atoms with E-state index in [0.717, 1.165) is 6.42 Å². The normalized spacial score (nSPS) is 3.67. The van der Waals surface area contributed by atoms with Gasteiger partial charge in [0.25, 0.3) is 0 Å². The number of carbonyl (C=O) groups excluding carboxylic acids is 2. The first-order valence-electron chi connectivity index (χ1n) is 2.62. The second-order valence-corrected chi connectivity index (χ2v) is 0.908. The van der Waals surface area contributed by atoms with Crippen LogP contribution in [-0.2, 0) is 31.3 Å². The zero-order chi connectivity index (χ0) is 8.12. The maximum Gasteiger partial charge on any atom is 3.00 e. The van der Waals surface area contributed by atoms with Crippen molar-refractivity contribution in [3.8, 4) is 0 Å². The number of hydrogen-bond donors (Lipinski definition) is 0. The zero-order valence-electron chi connectivity index (χ0n) is 7.73. The summed E-state index contributed by atoms with van der Waals surface area (Å²) in [5, 5.41) is 0. The molecule has 0 atom stereocenters. The van der Waals surface area contributed by atoms with Gasteiger partial charge in [0, 0.05) is 0 Å². The molecule has 0 aliphatic carbocycles. The summed E-state index contributed by atoms with van der Waals surface area (Å²) in [6.45, 7) is 8.14. The molecule has 0 heterocycles. The van der Waals surface area contributed by atoms with Crippen LogP contribution in [0.2, 0.25) is 0 Å². The van der Waals surface area contributed by atoms with Gasteiger partial charge in [-0.1, -0.05) is 6.92 Å². The van der Waals surface area contributed by atoms with Crippen molar-refractivity contribution in [3.63, 3.8) is 0 Å². The van der Waals surface area contributed by atoms with E-state index in [0.29, 0.717) is 0 Å². The van der Waals surface area contributed by atoms with Gasteiger partial charge >= 0.3 is 21.7 Å². The molecular weight excluding hydrogens is 196 g/mol. The summed E-state index contributed by atoms with van der Waals surface area (Å²) in [6.07, 6.45) is 4.00. The van der Waals surface area contributed by atoms with Gasteiger partial charge in [0.2, 0.25) is 0 Å². The summed E-state index contributed by atoms with van der Waals surface area (Å²) in [5.74, 6) is 0. The average molecular weight is 213 g/mol. The van der Waals surface area contributed by atoms with E-state index in [9.17, 15) is 0 Å². The Bertz CT molecular complexity index is 44.7. The van der Waals surface area contributed by atoms with E-state index in [1.165, 1.54) is 26.4 Å². The van der Waals surface area contributed by atoms with Gasteiger partial charge in [-0.05, 0) is 0 Å². The summed E-state index contributed by atoms with van der Waals surface area (Å²) in [5.41, 5.74) is 0. The Kier molecular flexibility index (Phi) is 416.